The van der Waals surface area contributed by atoms with Crippen LogP contribution in [0.5, 0.6) is 0 Å². The predicted molar refractivity (Wildman–Crippen MR) is 77.7 cm³/mol. The van der Waals surface area contributed by atoms with Crippen molar-refractivity contribution >= 4 is 5.97 Å². The van der Waals surface area contributed by atoms with Gasteiger partial charge in [-0.05, 0) is 62.9 Å². The first kappa shape index (κ1) is 14.4. The molecule has 1 fully saturated rings. The van der Waals surface area contributed by atoms with Crippen LogP contribution in [0.25, 0.3) is 0 Å². The first-order chi connectivity index (χ1) is 8.99. The molecule has 0 aromatic carbocycles. The molecule has 0 unspecified atom stereocenters. The van der Waals surface area contributed by atoms with Crippen LogP contribution in [-0.4, -0.2) is 12.6 Å². The maximum Gasteiger partial charge on any atom is 0.302 e. The lowest BCUT2D eigenvalue weighted by Gasteiger charge is -2.34. The molecule has 2 aliphatic rings. The number of hydrogen-bond acceptors (Lipinski definition) is 2. The van der Waals surface area contributed by atoms with Gasteiger partial charge >= 0.3 is 5.97 Å². The molecule has 0 saturated heterocycles. The standard InChI is InChI=1S/C17H26O2/c1-11(10-19-14(4)18)9-15-7-5-12(2)16-8-6-13(3)17(15)16/h9,12,15-16H,5-8,10H2,1-4H3/b11-9-/t12-,15+,16-/m1/s1. The Bertz CT molecular complexity index is 417. The van der Waals surface area contributed by atoms with Crippen LogP contribution in [0.4, 0.5) is 0 Å². The Morgan fingerprint density at radius 1 is 1.32 bits per heavy atom. The smallest absolute Gasteiger partial charge is 0.302 e. The number of ether oxygens (including phenoxy) is 1. The molecule has 2 rings (SSSR count). The van der Waals surface area contributed by atoms with E-state index in [-0.39, 0.29) is 5.97 Å². The van der Waals surface area contributed by atoms with Crippen molar-refractivity contribution in [1.29, 1.82) is 0 Å². The second-order valence-corrected chi connectivity index (χ2v) is 6.34. The van der Waals surface area contributed by atoms with Crippen molar-refractivity contribution in [2.24, 2.45) is 17.8 Å². The summed E-state index contributed by atoms with van der Waals surface area (Å²) in [4.78, 5) is 10.9. The third kappa shape index (κ3) is 3.29. The number of allylic oxidation sites excluding steroid dienone is 3. The van der Waals surface area contributed by atoms with Gasteiger partial charge in [0, 0.05) is 6.92 Å². The maximum absolute atomic E-state index is 10.9. The zero-order valence-corrected chi connectivity index (χ0v) is 12.7. The van der Waals surface area contributed by atoms with Gasteiger partial charge in [0.25, 0.3) is 0 Å². The van der Waals surface area contributed by atoms with E-state index in [1.807, 2.05) is 0 Å². The van der Waals surface area contributed by atoms with Crippen molar-refractivity contribution in [2.45, 2.75) is 53.4 Å². The molecule has 0 amide bonds. The first-order valence-electron chi connectivity index (χ1n) is 7.49. The van der Waals surface area contributed by atoms with Crippen LogP contribution in [0.3, 0.4) is 0 Å². The minimum atomic E-state index is -0.195. The molecule has 1 saturated carbocycles. The highest BCUT2D eigenvalue weighted by Crippen LogP contribution is 2.48. The molecule has 0 aliphatic heterocycles. The van der Waals surface area contributed by atoms with Crippen LogP contribution in [0.2, 0.25) is 0 Å². The molecular weight excluding hydrogens is 236 g/mol. The van der Waals surface area contributed by atoms with E-state index < -0.39 is 0 Å². The summed E-state index contributed by atoms with van der Waals surface area (Å²) < 4.78 is 5.08. The third-order valence-electron chi connectivity index (χ3n) is 4.73. The van der Waals surface area contributed by atoms with Crippen LogP contribution in [-0.2, 0) is 9.53 Å². The molecule has 2 aliphatic carbocycles. The Morgan fingerprint density at radius 3 is 2.74 bits per heavy atom. The summed E-state index contributed by atoms with van der Waals surface area (Å²) in [6, 6.07) is 0. The van der Waals surface area contributed by atoms with Gasteiger partial charge in [-0.15, -0.1) is 0 Å². The highest BCUT2D eigenvalue weighted by Gasteiger charge is 2.35. The predicted octanol–water partition coefficient (Wildman–Crippen LogP) is 4.27. The van der Waals surface area contributed by atoms with E-state index in [4.69, 9.17) is 4.74 Å². The van der Waals surface area contributed by atoms with E-state index >= 15 is 0 Å². The Morgan fingerprint density at radius 2 is 2.05 bits per heavy atom. The van der Waals surface area contributed by atoms with Gasteiger partial charge in [0.2, 0.25) is 0 Å². The number of rotatable bonds is 3. The van der Waals surface area contributed by atoms with Crippen molar-refractivity contribution in [2.75, 3.05) is 6.61 Å². The monoisotopic (exact) mass is 262 g/mol. The molecule has 106 valence electrons. The summed E-state index contributed by atoms with van der Waals surface area (Å²) in [7, 11) is 0. The van der Waals surface area contributed by atoms with Crippen molar-refractivity contribution in [3.8, 4) is 0 Å². The lowest BCUT2D eigenvalue weighted by atomic mass is 9.71. The second kappa shape index (κ2) is 5.94. The fourth-order valence-electron chi connectivity index (χ4n) is 3.75. The molecule has 0 N–H and O–H groups in total. The minimum Gasteiger partial charge on any atom is -0.461 e. The lowest BCUT2D eigenvalue weighted by Crippen LogP contribution is -2.23. The van der Waals surface area contributed by atoms with Gasteiger partial charge in [-0.1, -0.05) is 24.1 Å². The molecular formula is C17H26O2. The van der Waals surface area contributed by atoms with E-state index in [1.54, 1.807) is 11.1 Å². The topological polar surface area (TPSA) is 26.3 Å². The maximum atomic E-state index is 10.9. The van der Waals surface area contributed by atoms with Crippen LogP contribution in [0.15, 0.2) is 22.8 Å². The summed E-state index contributed by atoms with van der Waals surface area (Å²) >= 11 is 0. The summed E-state index contributed by atoms with van der Waals surface area (Å²) in [5, 5.41) is 0. The van der Waals surface area contributed by atoms with Crippen molar-refractivity contribution in [1.82, 2.24) is 0 Å². The Labute approximate surface area is 116 Å². The normalized spacial score (nSPS) is 31.4. The fourth-order valence-corrected chi connectivity index (χ4v) is 3.75. The Kier molecular flexibility index (Phi) is 4.49. The third-order valence-corrected chi connectivity index (χ3v) is 4.73. The number of esters is 1. The second-order valence-electron chi connectivity index (χ2n) is 6.34. The Hall–Kier alpha value is -1.05. The van der Waals surface area contributed by atoms with Crippen LogP contribution < -0.4 is 0 Å². The van der Waals surface area contributed by atoms with Gasteiger partial charge in [0.1, 0.15) is 6.61 Å². The SMILES string of the molecule is CC(=O)OC/C(C)=C\[C@@H]1CC[C@@H](C)[C@H]2CCC(C)=C12. The quantitative estimate of drug-likeness (QED) is 0.561. The minimum absolute atomic E-state index is 0.195. The van der Waals surface area contributed by atoms with E-state index in [0.717, 1.165) is 11.8 Å². The zero-order valence-electron chi connectivity index (χ0n) is 12.7. The van der Waals surface area contributed by atoms with Gasteiger partial charge in [-0.2, -0.15) is 0 Å². The highest BCUT2D eigenvalue weighted by atomic mass is 16.5. The van der Waals surface area contributed by atoms with Gasteiger partial charge < -0.3 is 4.74 Å². The number of hydrogen-bond donors (Lipinski definition) is 0. The van der Waals surface area contributed by atoms with Gasteiger partial charge in [0.05, 0.1) is 0 Å². The molecule has 0 bridgehead atoms. The molecule has 0 spiro atoms. The van der Waals surface area contributed by atoms with Gasteiger partial charge in [0.15, 0.2) is 0 Å². The zero-order chi connectivity index (χ0) is 14.0. The molecule has 3 atom stereocenters. The van der Waals surface area contributed by atoms with E-state index in [1.165, 1.54) is 38.2 Å². The molecule has 2 heteroatoms. The largest absolute Gasteiger partial charge is 0.461 e. The van der Waals surface area contributed by atoms with Crippen molar-refractivity contribution in [3.05, 3.63) is 22.8 Å². The van der Waals surface area contributed by atoms with Crippen molar-refractivity contribution in [3.63, 3.8) is 0 Å². The van der Waals surface area contributed by atoms with E-state index in [9.17, 15) is 4.79 Å². The summed E-state index contributed by atoms with van der Waals surface area (Å²) in [5.74, 6) is 2.03. The summed E-state index contributed by atoms with van der Waals surface area (Å²) in [6.45, 7) is 8.68. The van der Waals surface area contributed by atoms with Crippen LogP contribution in [0.1, 0.15) is 53.4 Å². The molecule has 0 radical (unpaired) electrons. The number of carbonyl (C=O) groups excluding carboxylic acids is 1. The highest BCUT2D eigenvalue weighted by molar-refractivity contribution is 5.66. The van der Waals surface area contributed by atoms with Gasteiger partial charge in [-0.25, -0.2) is 0 Å². The fraction of sp³-hybridized carbons (Fsp3) is 0.706. The summed E-state index contributed by atoms with van der Waals surface area (Å²) in [5.41, 5.74) is 4.49. The molecule has 2 nitrogen and oxygen atoms in total. The van der Waals surface area contributed by atoms with Gasteiger partial charge in [-0.3, -0.25) is 4.79 Å². The lowest BCUT2D eigenvalue weighted by molar-refractivity contribution is -0.139. The van der Waals surface area contributed by atoms with Crippen LogP contribution in [0, 0.1) is 17.8 Å². The Balaban J connectivity index is 2.09. The average Bonchev–Trinajstić information content (AvgIpc) is 2.74. The van der Waals surface area contributed by atoms with E-state index in [0.29, 0.717) is 12.5 Å². The van der Waals surface area contributed by atoms with Crippen molar-refractivity contribution < 1.29 is 9.53 Å². The number of carbonyl (C=O) groups is 1. The molecule has 0 aromatic heterocycles. The average molecular weight is 262 g/mol. The van der Waals surface area contributed by atoms with E-state index in [2.05, 4.69) is 26.8 Å². The molecule has 0 aromatic rings. The first-order valence-corrected chi connectivity index (χ1v) is 7.49. The number of fused-ring (bicyclic) bond motifs is 1. The molecule has 19 heavy (non-hydrogen) atoms. The molecule has 0 heterocycles. The summed E-state index contributed by atoms with van der Waals surface area (Å²) in [6.07, 6.45) is 7.53. The van der Waals surface area contributed by atoms with Crippen LogP contribution >= 0.6 is 0 Å².